The number of allylic oxidation sites excluding steroid dienone is 1. The molecule has 1 aromatic heterocycles. The number of aliphatic hydroxyl groups is 1. The fourth-order valence-electron chi connectivity index (χ4n) is 4.19. The molecule has 27 heavy (non-hydrogen) atoms. The fourth-order valence-corrected chi connectivity index (χ4v) is 4.19. The zero-order chi connectivity index (χ0) is 19.9. The Morgan fingerprint density at radius 3 is 2.70 bits per heavy atom. The lowest BCUT2D eigenvalue weighted by atomic mass is 9.83. The SMILES string of the molecule is C=CC(C)(C)c1ccc2c3c(c[nH]c13)CC(CO)NC(=O)C(C(C)C)N2C. The van der Waals surface area contributed by atoms with Crippen LogP contribution in [0.5, 0.6) is 0 Å². The van der Waals surface area contributed by atoms with E-state index in [4.69, 9.17) is 0 Å². The molecule has 1 aromatic carbocycles. The molecule has 2 atom stereocenters. The zero-order valence-electron chi connectivity index (χ0n) is 17.0. The standard InChI is InChI=1S/C22H31N3O2/c1-7-22(4,5)16-8-9-17-18-14(11-23-19(16)18)10-15(12-26)24-21(27)20(13(2)3)25(17)6/h7-9,11,13,15,20,23,26H,1,10,12H2,2-6H3,(H,24,27). The Hall–Kier alpha value is -2.27. The number of aromatic nitrogens is 1. The Morgan fingerprint density at radius 2 is 2.11 bits per heavy atom. The number of hydrogen-bond donors (Lipinski definition) is 3. The van der Waals surface area contributed by atoms with Gasteiger partial charge in [0.1, 0.15) is 6.04 Å². The van der Waals surface area contributed by atoms with Gasteiger partial charge in [0, 0.05) is 29.7 Å². The average Bonchev–Trinajstić information content (AvgIpc) is 3.04. The van der Waals surface area contributed by atoms with Crippen molar-refractivity contribution in [3.8, 4) is 0 Å². The number of rotatable bonds is 4. The number of benzene rings is 1. The minimum absolute atomic E-state index is 0.0377. The van der Waals surface area contributed by atoms with E-state index >= 15 is 0 Å². The van der Waals surface area contributed by atoms with E-state index in [1.165, 1.54) is 5.56 Å². The molecule has 2 aromatic rings. The number of H-pyrrole nitrogens is 1. The van der Waals surface area contributed by atoms with Crippen LogP contribution in [-0.4, -0.2) is 41.7 Å². The molecule has 0 fully saturated rings. The van der Waals surface area contributed by atoms with E-state index in [9.17, 15) is 9.90 Å². The van der Waals surface area contributed by atoms with Crippen LogP contribution in [-0.2, 0) is 16.6 Å². The number of anilines is 1. The Morgan fingerprint density at radius 1 is 1.41 bits per heavy atom. The molecule has 146 valence electrons. The number of nitrogens with one attached hydrogen (secondary N) is 2. The molecule has 5 heteroatoms. The van der Waals surface area contributed by atoms with Crippen LogP contribution in [0.25, 0.3) is 10.9 Å². The highest BCUT2D eigenvalue weighted by atomic mass is 16.3. The maximum atomic E-state index is 12.9. The number of likely N-dealkylation sites (N-methyl/N-ethyl adjacent to an activating group) is 1. The van der Waals surface area contributed by atoms with Crippen molar-refractivity contribution < 1.29 is 9.90 Å². The van der Waals surface area contributed by atoms with Gasteiger partial charge in [-0.05, 0) is 29.5 Å². The van der Waals surface area contributed by atoms with E-state index in [1.54, 1.807) is 0 Å². The first-order chi connectivity index (χ1) is 12.7. The number of aliphatic hydroxyl groups excluding tert-OH is 1. The number of nitrogens with zero attached hydrogens (tertiary/aromatic N) is 1. The molecule has 0 spiro atoms. The maximum absolute atomic E-state index is 12.9. The van der Waals surface area contributed by atoms with Gasteiger partial charge in [-0.1, -0.05) is 39.8 Å². The van der Waals surface area contributed by atoms with Gasteiger partial charge in [0.2, 0.25) is 5.91 Å². The van der Waals surface area contributed by atoms with Crippen molar-refractivity contribution in [3.05, 3.63) is 42.1 Å². The Balaban J connectivity index is 2.29. The summed E-state index contributed by atoms with van der Waals surface area (Å²) in [6, 6.07) is 3.64. The molecule has 2 heterocycles. The minimum Gasteiger partial charge on any atom is -0.394 e. The highest BCUT2D eigenvalue weighted by Gasteiger charge is 2.33. The molecule has 0 saturated carbocycles. The van der Waals surface area contributed by atoms with Gasteiger partial charge in [-0.15, -0.1) is 6.58 Å². The summed E-state index contributed by atoms with van der Waals surface area (Å²) in [6.07, 6.45) is 4.56. The first kappa shape index (κ1) is 19.5. The zero-order valence-corrected chi connectivity index (χ0v) is 17.0. The molecule has 1 aliphatic rings. The molecule has 1 amide bonds. The van der Waals surface area contributed by atoms with Gasteiger partial charge in [0.15, 0.2) is 0 Å². The van der Waals surface area contributed by atoms with Gasteiger partial charge < -0.3 is 20.3 Å². The Kier molecular flexibility index (Phi) is 5.08. The molecule has 1 aliphatic heterocycles. The maximum Gasteiger partial charge on any atom is 0.243 e. The third-order valence-corrected chi connectivity index (χ3v) is 5.83. The van der Waals surface area contributed by atoms with Gasteiger partial charge in [-0.25, -0.2) is 0 Å². The summed E-state index contributed by atoms with van der Waals surface area (Å²) < 4.78 is 0. The van der Waals surface area contributed by atoms with E-state index in [0.29, 0.717) is 6.42 Å². The second-order valence-electron chi connectivity index (χ2n) is 8.51. The molecule has 2 unspecified atom stereocenters. The highest BCUT2D eigenvalue weighted by Crippen LogP contribution is 2.39. The lowest BCUT2D eigenvalue weighted by molar-refractivity contribution is -0.124. The summed E-state index contributed by atoms with van der Waals surface area (Å²) in [5.74, 6) is 0.0958. The van der Waals surface area contributed by atoms with Crippen molar-refractivity contribution in [2.24, 2.45) is 5.92 Å². The van der Waals surface area contributed by atoms with Crippen LogP contribution in [0.3, 0.4) is 0 Å². The van der Waals surface area contributed by atoms with Crippen molar-refractivity contribution in [1.82, 2.24) is 10.3 Å². The minimum atomic E-state index is -0.304. The van der Waals surface area contributed by atoms with Crippen LogP contribution in [0.15, 0.2) is 31.0 Å². The lowest BCUT2D eigenvalue weighted by Crippen LogP contribution is -2.52. The predicted molar refractivity (Wildman–Crippen MR) is 111 cm³/mol. The molecule has 5 nitrogen and oxygen atoms in total. The summed E-state index contributed by atoms with van der Waals surface area (Å²) >= 11 is 0. The molecule has 3 N–H and O–H groups in total. The van der Waals surface area contributed by atoms with E-state index in [1.807, 2.05) is 19.3 Å². The molecule has 3 rings (SSSR count). The summed E-state index contributed by atoms with van der Waals surface area (Å²) in [4.78, 5) is 18.5. The normalized spacial score (nSPS) is 21.0. The van der Waals surface area contributed by atoms with Crippen molar-refractivity contribution in [3.63, 3.8) is 0 Å². The van der Waals surface area contributed by atoms with E-state index in [0.717, 1.165) is 22.2 Å². The van der Waals surface area contributed by atoms with Gasteiger partial charge in [0.05, 0.1) is 18.2 Å². The fraction of sp³-hybridized carbons (Fsp3) is 0.500. The summed E-state index contributed by atoms with van der Waals surface area (Å²) in [7, 11) is 1.98. The summed E-state index contributed by atoms with van der Waals surface area (Å²) in [5.41, 5.74) is 4.22. The van der Waals surface area contributed by atoms with Gasteiger partial charge >= 0.3 is 0 Å². The van der Waals surface area contributed by atoms with Crippen molar-refractivity contribution in [1.29, 1.82) is 0 Å². The van der Waals surface area contributed by atoms with Gasteiger partial charge in [0.25, 0.3) is 0 Å². The Bertz CT molecular complexity index is 866. The van der Waals surface area contributed by atoms with Gasteiger partial charge in [-0.3, -0.25) is 4.79 Å². The number of hydrogen-bond acceptors (Lipinski definition) is 3. The van der Waals surface area contributed by atoms with E-state index in [2.05, 4.69) is 61.6 Å². The molecule has 0 saturated heterocycles. The Labute approximate surface area is 161 Å². The summed E-state index contributed by atoms with van der Waals surface area (Å²) in [6.45, 7) is 12.3. The van der Waals surface area contributed by atoms with Crippen LogP contribution in [0.2, 0.25) is 0 Å². The average molecular weight is 370 g/mol. The van der Waals surface area contributed by atoms with Crippen molar-refractivity contribution in [2.75, 3.05) is 18.6 Å². The van der Waals surface area contributed by atoms with Crippen LogP contribution >= 0.6 is 0 Å². The second kappa shape index (κ2) is 7.04. The number of carbonyl (C=O) groups is 1. The van der Waals surface area contributed by atoms with Crippen LogP contribution < -0.4 is 10.2 Å². The number of amides is 1. The third-order valence-electron chi connectivity index (χ3n) is 5.83. The molecular weight excluding hydrogens is 338 g/mol. The second-order valence-corrected chi connectivity index (χ2v) is 8.51. The van der Waals surface area contributed by atoms with Crippen molar-refractivity contribution in [2.45, 2.75) is 51.6 Å². The first-order valence-corrected chi connectivity index (χ1v) is 9.62. The lowest BCUT2D eigenvalue weighted by Gasteiger charge is -2.33. The molecular formula is C22H31N3O2. The van der Waals surface area contributed by atoms with Crippen LogP contribution in [0, 0.1) is 5.92 Å². The first-order valence-electron chi connectivity index (χ1n) is 9.62. The smallest absolute Gasteiger partial charge is 0.243 e. The van der Waals surface area contributed by atoms with E-state index < -0.39 is 0 Å². The van der Waals surface area contributed by atoms with Gasteiger partial charge in [-0.2, -0.15) is 0 Å². The highest BCUT2D eigenvalue weighted by molar-refractivity contribution is 6.00. The summed E-state index contributed by atoms with van der Waals surface area (Å²) in [5, 5.41) is 14.0. The van der Waals surface area contributed by atoms with Crippen LogP contribution in [0.1, 0.15) is 38.8 Å². The number of carbonyl (C=O) groups excluding carboxylic acids is 1. The quantitative estimate of drug-likeness (QED) is 0.726. The predicted octanol–water partition coefficient (Wildman–Crippen LogP) is 3.13. The molecule has 0 bridgehead atoms. The largest absolute Gasteiger partial charge is 0.394 e. The molecule has 0 radical (unpaired) electrons. The molecule has 0 aliphatic carbocycles. The van der Waals surface area contributed by atoms with Crippen LogP contribution in [0.4, 0.5) is 5.69 Å². The van der Waals surface area contributed by atoms with E-state index in [-0.39, 0.29) is 35.9 Å². The monoisotopic (exact) mass is 369 g/mol. The third kappa shape index (κ3) is 3.25. The topological polar surface area (TPSA) is 68.4 Å². The van der Waals surface area contributed by atoms with Crippen molar-refractivity contribution >= 4 is 22.5 Å². The number of aromatic amines is 1.